The average Bonchev–Trinajstić information content (AvgIpc) is 3.22. The molecule has 9 aromatic carbocycles. The third-order valence-electron chi connectivity index (χ3n) is 10.0. The van der Waals surface area contributed by atoms with E-state index in [1.54, 1.807) is 0 Å². The third-order valence-corrected chi connectivity index (χ3v) is 10.0. The molecule has 0 aliphatic heterocycles. The highest BCUT2D eigenvalue weighted by atomic mass is 15.0. The second-order valence-corrected chi connectivity index (χ2v) is 13.3. The predicted molar refractivity (Wildman–Crippen MR) is 217 cm³/mol. The summed E-state index contributed by atoms with van der Waals surface area (Å²) < 4.78 is 0. The summed E-state index contributed by atoms with van der Waals surface area (Å²) in [5.74, 6) is 1.96. The summed E-state index contributed by atoms with van der Waals surface area (Å²) in [5.41, 5.74) is 7.70. The van der Waals surface area contributed by atoms with Crippen LogP contribution in [0.4, 0.5) is 0 Å². The van der Waals surface area contributed by atoms with E-state index < -0.39 is 0 Å². The Hall–Kier alpha value is -6.97. The molecule has 0 N–H and O–H groups in total. The van der Waals surface area contributed by atoms with Crippen LogP contribution >= 0.6 is 0 Å². The third kappa shape index (κ3) is 5.55. The highest BCUT2D eigenvalue weighted by molar-refractivity contribution is 5.95. The van der Waals surface area contributed by atoms with E-state index in [4.69, 9.17) is 15.0 Å². The van der Waals surface area contributed by atoms with Gasteiger partial charge < -0.3 is 0 Å². The van der Waals surface area contributed by atoms with Crippen molar-refractivity contribution in [2.75, 3.05) is 0 Å². The van der Waals surface area contributed by atoms with Crippen LogP contribution in [0, 0.1) is 0 Å². The van der Waals surface area contributed by atoms with Crippen LogP contribution in [0.1, 0.15) is 0 Å². The highest BCUT2D eigenvalue weighted by Crippen LogP contribution is 2.33. The van der Waals surface area contributed by atoms with Crippen molar-refractivity contribution in [2.45, 2.75) is 0 Å². The van der Waals surface area contributed by atoms with Gasteiger partial charge in [0, 0.05) is 16.7 Å². The number of aromatic nitrogens is 3. The Morgan fingerprint density at radius 1 is 0.192 bits per heavy atom. The standard InChI is InChI=1S/C49H31N3/c1-2-8-32(9-3-1)38-18-14-35-15-19-42(31-46(35)30-38)39-20-21-41-29-45(25-22-40(41)26-39)49-51-47(43-23-16-33-10-4-6-12-36(33)27-43)50-48(52-49)44-24-17-34-11-5-7-13-37(34)28-44/h1-31H. The Kier molecular flexibility index (Phi) is 7.14. The molecule has 0 fully saturated rings. The number of rotatable bonds is 5. The molecule has 0 bridgehead atoms. The summed E-state index contributed by atoms with van der Waals surface area (Å²) in [7, 11) is 0. The molecule has 0 saturated heterocycles. The summed E-state index contributed by atoms with van der Waals surface area (Å²) in [6.07, 6.45) is 0. The van der Waals surface area contributed by atoms with Crippen LogP contribution in [0.2, 0.25) is 0 Å². The van der Waals surface area contributed by atoms with Gasteiger partial charge in [0.05, 0.1) is 0 Å². The molecule has 0 amide bonds. The minimum Gasteiger partial charge on any atom is -0.208 e. The molecule has 242 valence electrons. The topological polar surface area (TPSA) is 38.7 Å². The minimum absolute atomic E-state index is 0.649. The van der Waals surface area contributed by atoms with Crippen molar-refractivity contribution in [2.24, 2.45) is 0 Å². The van der Waals surface area contributed by atoms with Crippen LogP contribution in [-0.2, 0) is 0 Å². The first-order valence-electron chi connectivity index (χ1n) is 17.6. The van der Waals surface area contributed by atoms with Gasteiger partial charge in [0.2, 0.25) is 0 Å². The van der Waals surface area contributed by atoms with Crippen molar-refractivity contribution in [3.63, 3.8) is 0 Å². The maximum atomic E-state index is 5.08. The molecule has 10 rings (SSSR count). The smallest absolute Gasteiger partial charge is 0.164 e. The first-order valence-corrected chi connectivity index (χ1v) is 17.6. The molecule has 0 spiro atoms. The number of hydrogen-bond acceptors (Lipinski definition) is 3. The van der Waals surface area contributed by atoms with Crippen LogP contribution in [0.25, 0.3) is 99.5 Å². The van der Waals surface area contributed by atoms with E-state index in [2.05, 4.69) is 188 Å². The minimum atomic E-state index is 0.649. The molecule has 10 aromatic rings. The largest absolute Gasteiger partial charge is 0.208 e. The van der Waals surface area contributed by atoms with Gasteiger partial charge in [0.1, 0.15) is 0 Å². The molecule has 3 heteroatoms. The lowest BCUT2D eigenvalue weighted by molar-refractivity contribution is 1.08. The summed E-state index contributed by atoms with van der Waals surface area (Å²) >= 11 is 0. The molecule has 0 atom stereocenters. The monoisotopic (exact) mass is 661 g/mol. The zero-order valence-corrected chi connectivity index (χ0v) is 28.2. The first-order chi connectivity index (χ1) is 25.7. The summed E-state index contributed by atoms with van der Waals surface area (Å²) in [6.45, 7) is 0. The molecule has 0 radical (unpaired) electrons. The van der Waals surface area contributed by atoms with Crippen molar-refractivity contribution < 1.29 is 0 Å². The quantitative estimate of drug-likeness (QED) is 0.184. The molecule has 1 heterocycles. The van der Waals surface area contributed by atoms with E-state index in [9.17, 15) is 0 Å². The van der Waals surface area contributed by atoms with Crippen LogP contribution in [-0.4, -0.2) is 15.0 Å². The number of benzene rings is 9. The summed E-state index contributed by atoms with van der Waals surface area (Å²) in [4.78, 5) is 15.2. The maximum absolute atomic E-state index is 5.08. The molecule has 0 unspecified atom stereocenters. The van der Waals surface area contributed by atoms with Crippen LogP contribution in [0.15, 0.2) is 188 Å². The van der Waals surface area contributed by atoms with Gasteiger partial charge in [0.25, 0.3) is 0 Å². The Labute approximate surface area is 301 Å². The van der Waals surface area contributed by atoms with E-state index in [1.807, 2.05) is 0 Å². The fourth-order valence-electron chi connectivity index (χ4n) is 7.22. The van der Waals surface area contributed by atoms with E-state index >= 15 is 0 Å². The molecule has 0 aliphatic carbocycles. The molecular weight excluding hydrogens is 631 g/mol. The zero-order valence-electron chi connectivity index (χ0n) is 28.2. The zero-order chi connectivity index (χ0) is 34.4. The second kappa shape index (κ2) is 12.4. The molecule has 1 aromatic heterocycles. The molecule has 3 nitrogen and oxygen atoms in total. The Morgan fingerprint density at radius 3 is 0.942 bits per heavy atom. The van der Waals surface area contributed by atoms with Crippen LogP contribution < -0.4 is 0 Å². The van der Waals surface area contributed by atoms with E-state index in [0.29, 0.717) is 17.5 Å². The number of fused-ring (bicyclic) bond motifs is 4. The van der Waals surface area contributed by atoms with Gasteiger partial charge in [-0.3, -0.25) is 0 Å². The lowest BCUT2D eigenvalue weighted by atomic mass is 9.96. The first kappa shape index (κ1) is 29.9. The fourth-order valence-corrected chi connectivity index (χ4v) is 7.22. The van der Waals surface area contributed by atoms with E-state index in [1.165, 1.54) is 43.8 Å². The number of hydrogen-bond donors (Lipinski definition) is 0. The molecular formula is C49H31N3. The van der Waals surface area contributed by atoms with Crippen LogP contribution in [0.3, 0.4) is 0 Å². The lowest BCUT2D eigenvalue weighted by Gasteiger charge is -2.11. The van der Waals surface area contributed by atoms with E-state index in [-0.39, 0.29) is 0 Å². The van der Waals surface area contributed by atoms with Gasteiger partial charge >= 0.3 is 0 Å². The predicted octanol–water partition coefficient (Wildman–Crippen LogP) is 12.8. The highest BCUT2D eigenvalue weighted by Gasteiger charge is 2.14. The number of nitrogens with zero attached hydrogens (tertiary/aromatic N) is 3. The van der Waals surface area contributed by atoms with Gasteiger partial charge in [-0.2, -0.15) is 0 Å². The van der Waals surface area contributed by atoms with Crippen molar-refractivity contribution in [3.05, 3.63) is 188 Å². The Balaban J connectivity index is 1.05. The second-order valence-electron chi connectivity index (χ2n) is 13.3. The normalized spacial score (nSPS) is 11.5. The van der Waals surface area contributed by atoms with Gasteiger partial charge in [-0.1, -0.05) is 152 Å². The maximum Gasteiger partial charge on any atom is 0.164 e. The van der Waals surface area contributed by atoms with Crippen LogP contribution in [0.5, 0.6) is 0 Å². The SMILES string of the molecule is c1ccc(-c2ccc3ccc(-c4ccc5cc(-c6nc(-c7ccc8ccccc8c7)nc(-c7ccc8ccccc8c7)n6)ccc5c4)cc3c2)cc1. The fraction of sp³-hybridized carbons (Fsp3) is 0. The molecule has 0 aliphatic rings. The Bertz CT molecular complexity index is 2870. The van der Waals surface area contributed by atoms with Gasteiger partial charge in [-0.05, 0) is 102 Å². The van der Waals surface area contributed by atoms with Crippen molar-refractivity contribution >= 4 is 43.1 Å². The van der Waals surface area contributed by atoms with Gasteiger partial charge in [-0.15, -0.1) is 0 Å². The van der Waals surface area contributed by atoms with Gasteiger partial charge in [-0.25, -0.2) is 15.0 Å². The van der Waals surface area contributed by atoms with Crippen molar-refractivity contribution in [1.29, 1.82) is 0 Å². The average molecular weight is 662 g/mol. The summed E-state index contributed by atoms with van der Waals surface area (Å²) in [6, 6.07) is 66.7. The van der Waals surface area contributed by atoms with Crippen molar-refractivity contribution in [3.8, 4) is 56.4 Å². The summed E-state index contributed by atoms with van der Waals surface area (Å²) in [5, 5.41) is 9.43. The van der Waals surface area contributed by atoms with E-state index in [0.717, 1.165) is 38.2 Å². The van der Waals surface area contributed by atoms with Crippen molar-refractivity contribution in [1.82, 2.24) is 15.0 Å². The molecule has 52 heavy (non-hydrogen) atoms. The molecule has 0 saturated carbocycles. The van der Waals surface area contributed by atoms with Gasteiger partial charge in [0.15, 0.2) is 17.5 Å². The lowest BCUT2D eigenvalue weighted by Crippen LogP contribution is -2.00. The Morgan fingerprint density at radius 2 is 0.481 bits per heavy atom.